The van der Waals surface area contributed by atoms with Crippen LogP contribution >= 0.6 is 0 Å². The lowest BCUT2D eigenvalue weighted by atomic mass is 10.1. The van der Waals surface area contributed by atoms with E-state index in [1.807, 2.05) is 24.1 Å². The zero-order valence-electron chi connectivity index (χ0n) is 10.2. The molecule has 0 aliphatic heterocycles. The van der Waals surface area contributed by atoms with Crippen molar-refractivity contribution in [3.05, 3.63) is 23.9 Å². The molecule has 0 amide bonds. The molecule has 4 nitrogen and oxygen atoms in total. The van der Waals surface area contributed by atoms with Crippen molar-refractivity contribution >= 4 is 5.82 Å². The van der Waals surface area contributed by atoms with Crippen LogP contribution in [0.15, 0.2) is 18.3 Å². The van der Waals surface area contributed by atoms with Crippen LogP contribution < -0.4 is 4.90 Å². The van der Waals surface area contributed by atoms with Crippen molar-refractivity contribution in [2.75, 3.05) is 32.2 Å². The predicted octanol–water partition coefficient (Wildman–Crippen LogP) is 1.61. The summed E-state index contributed by atoms with van der Waals surface area (Å²) in [5.74, 6) is 0.841. The van der Waals surface area contributed by atoms with Gasteiger partial charge in [0.1, 0.15) is 5.82 Å². The summed E-state index contributed by atoms with van der Waals surface area (Å²) in [6.07, 6.45) is 2.20. The summed E-state index contributed by atoms with van der Waals surface area (Å²) in [4.78, 5) is 6.35. The fourth-order valence-electron chi connectivity index (χ4n) is 1.61. The lowest BCUT2D eigenvalue weighted by Gasteiger charge is -2.21. The fourth-order valence-corrected chi connectivity index (χ4v) is 1.61. The Kier molecular flexibility index (Phi) is 5.22. The molecule has 0 aromatic carbocycles. The zero-order valence-corrected chi connectivity index (χ0v) is 10.2. The summed E-state index contributed by atoms with van der Waals surface area (Å²) in [5.41, 5.74) is 0.863. The first kappa shape index (κ1) is 12.9. The first-order valence-electron chi connectivity index (χ1n) is 5.50. The average Bonchev–Trinajstić information content (AvgIpc) is 2.29. The zero-order chi connectivity index (χ0) is 12.0. The Hall–Kier alpha value is -1.13. The summed E-state index contributed by atoms with van der Waals surface area (Å²) in [5, 5.41) is 9.63. The topological polar surface area (TPSA) is 45.6 Å². The van der Waals surface area contributed by atoms with Gasteiger partial charge >= 0.3 is 0 Å². The number of aliphatic hydroxyl groups excluding tert-OH is 1. The van der Waals surface area contributed by atoms with E-state index in [1.54, 1.807) is 20.2 Å². The molecule has 0 aliphatic rings. The van der Waals surface area contributed by atoms with Crippen molar-refractivity contribution in [2.24, 2.45) is 0 Å². The third-order valence-corrected chi connectivity index (χ3v) is 2.47. The molecule has 4 heteroatoms. The monoisotopic (exact) mass is 224 g/mol. The van der Waals surface area contributed by atoms with Crippen LogP contribution in [0.1, 0.15) is 25.0 Å². The van der Waals surface area contributed by atoms with Crippen LogP contribution in [0.3, 0.4) is 0 Å². The van der Waals surface area contributed by atoms with Gasteiger partial charge in [-0.25, -0.2) is 4.98 Å². The SMILES string of the molecule is COCCCN(C)c1ncccc1C(C)O. The Labute approximate surface area is 96.9 Å². The minimum atomic E-state index is -0.492. The van der Waals surface area contributed by atoms with Gasteiger partial charge in [-0.15, -0.1) is 0 Å². The Balaban J connectivity index is 2.70. The highest BCUT2D eigenvalue weighted by Crippen LogP contribution is 2.22. The van der Waals surface area contributed by atoms with Crippen molar-refractivity contribution in [1.82, 2.24) is 4.98 Å². The van der Waals surface area contributed by atoms with Gasteiger partial charge in [0.2, 0.25) is 0 Å². The lowest BCUT2D eigenvalue weighted by Crippen LogP contribution is -2.22. The molecule has 1 rings (SSSR count). The van der Waals surface area contributed by atoms with Crippen LogP contribution in [0.5, 0.6) is 0 Å². The number of hydrogen-bond donors (Lipinski definition) is 1. The second-order valence-electron chi connectivity index (χ2n) is 3.86. The molecule has 1 aromatic heterocycles. The second kappa shape index (κ2) is 6.45. The third kappa shape index (κ3) is 3.47. The van der Waals surface area contributed by atoms with Crippen LogP contribution in [-0.2, 0) is 4.74 Å². The molecule has 1 heterocycles. The summed E-state index contributed by atoms with van der Waals surface area (Å²) < 4.78 is 5.01. The van der Waals surface area contributed by atoms with Crippen LogP contribution in [0.25, 0.3) is 0 Å². The molecule has 1 N–H and O–H groups in total. The van der Waals surface area contributed by atoms with Gasteiger partial charge in [-0.2, -0.15) is 0 Å². The summed E-state index contributed by atoms with van der Waals surface area (Å²) in [7, 11) is 3.67. The molecule has 0 spiro atoms. The second-order valence-corrected chi connectivity index (χ2v) is 3.86. The van der Waals surface area contributed by atoms with E-state index in [9.17, 15) is 5.11 Å². The molecule has 0 bridgehead atoms. The van der Waals surface area contributed by atoms with Crippen molar-refractivity contribution in [2.45, 2.75) is 19.4 Å². The summed E-state index contributed by atoms with van der Waals surface area (Å²) >= 11 is 0. The largest absolute Gasteiger partial charge is 0.389 e. The quantitative estimate of drug-likeness (QED) is 0.746. The van der Waals surface area contributed by atoms with Gasteiger partial charge in [0.05, 0.1) is 6.10 Å². The number of rotatable bonds is 6. The van der Waals surface area contributed by atoms with Crippen LogP contribution in [0, 0.1) is 0 Å². The van der Waals surface area contributed by atoms with Gasteiger partial charge in [-0.3, -0.25) is 0 Å². The highest BCUT2D eigenvalue weighted by Gasteiger charge is 2.11. The Morgan fingerprint density at radius 3 is 2.94 bits per heavy atom. The number of ether oxygens (including phenoxy) is 1. The minimum Gasteiger partial charge on any atom is -0.389 e. The maximum Gasteiger partial charge on any atom is 0.134 e. The average molecular weight is 224 g/mol. The molecule has 0 fully saturated rings. The van der Waals surface area contributed by atoms with Crippen LogP contribution in [0.2, 0.25) is 0 Å². The van der Waals surface area contributed by atoms with Gasteiger partial charge < -0.3 is 14.7 Å². The van der Waals surface area contributed by atoms with E-state index in [-0.39, 0.29) is 0 Å². The maximum atomic E-state index is 9.63. The Morgan fingerprint density at radius 2 is 2.31 bits per heavy atom. The molecule has 1 atom stereocenters. The number of methoxy groups -OCH3 is 1. The van der Waals surface area contributed by atoms with E-state index >= 15 is 0 Å². The third-order valence-electron chi connectivity index (χ3n) is 2.47. The van der Waals surface area contributed by atoms with Gasteiger partial charge in [-0.05, 0) is 19.4 Å². The molecule has 0 aliphatic carbocycles. The molecular weight excluding hydrogens is 204 g/mol. The van der Waals surface area contributed by atoms with Crippen LogP contribution in [0.4, 0.5) is 5.82 Å². The van der Waals surface area contributed by atoms with E-state index in [0.717, 1.165) is 31.0 Å². The van der Waals surface area contributed by atoms with Crippen LogP contribution in [-0.4, -0.2) is 37.4 Å². The molecule has 90 valence electrons. The van der Waals surface area contributed by atoms with Crippen molar-refractivity contribution < 1.29 is 9.84 Å². The smallest absolute Gasteiger partial charge is 0.134 e. The van der Waals surface area contributed by atoms with Crippen molar-refractivity contribution in [1.29, 1.82) is 0 Å². The van der Waals surface area contributed by atoms with Crippen molar-refractivity contribution in [3.63, 3.8) is 0 Å². The highest BCUT2D eigenvalue weighted by atomic mass is 16.5. The van der Waals surface area contributed by atoms with Crippen molar-refractivity contribution in [3.8, 4) is 0 Å². The molecule has 16 heavy (non-hydrogen) atoms. The van der Waals surface area contributed by atoms with Gasteiger partial charge in [0.15, 0.2) is 0 Å². The molecule has 1 unspecified atom stereocenters. The molecule has 0 radical (unpaired) electrons. The Morgan fingerprint density at radius 1 is 1.56 bits per heavy atom. The fraction of sp³-hybridized carbons (Fsp3) is 0.583. The first-order chi connectivity index (χ1) is 7.66. The van der Waals surface area contributed by atoms with Gasteiger partial charge in [0.25, 0.3) is 0 Å². The number of hydrogen-bond acceptors (Lipinski definition) is 4. The standard InChI is InChI=1S/C12H20N2O2/c1-10(15)11-6-4-7-13-12(11)14(2)8-5-9-16-3/h4,6-7,10,15H,5,8-9H2,1-3H3. The number of aromatic nitrogens is 1. The van der Waals surface area contributed by atoms with E-state index in [4.69, 9.17) is 4.74 Å². The first-order valence-corrected chi connectivity index (χ1v) is 5.50. The van der Waals surface area contributed by atoms with E-state index in [2.05, 4.69) is 4.98 Å². The minimum absolute atomic E-state index is 0.492. The maximum absolute atomic E-state index is 9.63. The van der Waals surface area contributed by atoms with Gasteiger partial charge in [0, 0.05) is 39.1 Å². The van der Waals surface area contributed by atoms with E-state index < -0.39 is 6.10 Å². The molecule has 0 saturated carbocycles. The summed E-state index contributed by atoms with van der Waals surface area (Å²) in [6, 6.07) is 3.74. The predicted molar refractivity (Wildman–Crippen MR) is 64.6 cm³/mol. The highest BCUT2D eigenvalue weighted by molar-refractivity contribution is 5.46. The Bertz CT molecular complexity index is 316. The molecule has 1 aromatic rings. The molecule has 0 saturated heterocycles. The number of nitrogens with zero attached hydrogens (tertiary/aromatic N) is 2. The lowest BCUT2D eigenvalue weighted by molar-refractivity contribution is 0.195. The van der Waals surface area contributed by atoms with E-state index in [1.165, 1.54) is 0 Å². The summed E-state index contributed by atoms with van der Waals surface area (Å²) in [6.45, 7) is 3.36. The number of pyridine rings is 1. The normalized spacial score (nSPS) is 12.5. The number of anilines is 1. The molecular formula is C12H20N2O2. The van der Waals surface area contributed by atoms with E-state index in [0.29, 0.717) is 0 Å². The van der Waals surface area contributed by atoms with Gasteiger partial charge in [-0.1, -0.05) is 6.07 Å². The number of aliphatic hydroxyl groups is 1.